The summed E-state index contributed by atoms with van der Waals surface area (Å²) in [6.07, 6.45) is 1.16. The maximum atomic E-state index is 4.18. The molecule has 0 fully saturated rings. The molecule has 0 saturated heterocycles. The predicted octanol–water partition coefficient (Wildman–Crippen LogP) is 2.97. The minimum atomic E-state index is 0.351. The van der Waals surface area contributed by atoms with Gasteiger partial charge in [-0.2, -0.15) is 12.6 Å². The average Bonchev–Trinajstić information content (AvgIpc) is 1.96. The Hall–Kier alpha value is 0.310. The second-order valence-electron chi connectivity index (χ2n) is 5.39. The van der Waals surface area contributed by atoms with Crippen molar-refractivity contribution in [2.24, 2.45) is 10.8 Å². The minimum absolute atomic E-state index is 0.351. The zero-order valence-electron chi connectivity index (χ0n) is 9.78. The second-order valence-corrected chi connectivity index (χ2v) is 5.84. The van der Waals surface area contributed by atoms with Crippen molar-refractivity contribution in [1.29, 1.82) is 0 Å². The van der Waals surface area contributed by atoms with E-state index in [0.717, 1.165) is 25.3 Å². The van der Waals surface area contributed by atoms with Gasteiger partial charge in [0.2, 0.25) is 0 Å². The summed E-state index contributed by atoms with van der Waals surface area (Å²) in [7, 11) is 0. The molecule has 0 radical (unpaired) electrons. The molecule has 1 N–H and O–H groups in total. The fourth-order valence-electron chi connectivity index (χ4n) is 0.870. The van der Waals surface area contributed by atoms with Crippen LogP contribution in [-0.4, -0.2) is 18.8 Å². The highest BCUT2D eigenvalue weighted by Crippen LogP contribution is 2.36. The van der Waals surface area contributed by atoms with Crippen LogP contribution in [0, 0.1) is 10.8 Å². The lowest BCUT2D eigenvalue weighted by Crippen LogP contribution is -2.39. The first-order valence-electron chi connectivity index (χ1n) is 5.13. The van der Waals surface area contributed by atoms with E-state index in [4.69, 9.17) is 0 Å². The number of rotatable bonds is 5. The second kappa shape index (κ2) is 5.26. The Morgan fingerprint density at radius 2 is 1.62 bits per heavy atom. The third kappa shape index (κ3) is 4.92. The van der Waals surface area contributed by atoms with Gasteiger partial charge < -0.3 is 5.32 Å². The van der Waals surface area contributed by atoms with Gasteiger partial charge in [-0.25, -0.2) is 0 Å². The van der Waals surface area contributed by atoms with Gasteiger partial charge in [0.05, 0.1) is 0 Å². The summed E-state index contributed by atoms with van der Waals surface area (Å²) in [6.45, 7) is 13.7. The molecule has 0 aliphatic carbocycles. The first kappa shape index (κ1) is 13.3. The van der Waals surface area contributed by atoms with Crippen molar-refractivity contribution in [3.05, 3.63) is 0 Å². The first-order chi connectivity index (χ1) is 5.81. The van der Waals surface area contributed by atoms with Crippen LogP contribution in [0.3, 0.4) is 0 Å². The largest absolute Gasteiger partial charge is 0.316 e. The summed E-state index contributed by atoms with van der Waals surface area (Å²) in [4.78, 5) is 0. The molecular formula is C11H25NS. The van der Waals surface area contributed by atoms with Gasteiger partial charge in [0, 0.05) is 6.54 Å². The molecule has 1 nitrogen and oxygen atoms in total. The third-order valence-corrected chi connectivity index (χ3v) is 3.43. The number of thiol groups is 1. The number of nitrogens with one attached hydrogen (secondary N) is 1. The Kier molecular flexibility index (Phi) is 5.38. The lowest BCUT2D eigenvalue weighted by atomic mass is 9.69. The summed E-state index contributed by atoms with van der Waals surface area (Å²) in [5.74, 6) is 0.975. The van der Waals surface area contributed by atoms with Crippen molar-refractivity contribution in [1.82, 2.24) is 5.32 Å². The van der Waals surface area contributed by atoms with Crippen molar-refractivity contribution in [2.75, 3.05) is 18.8 Å². The Balaban J connectivity index is 3.77. The molecule has 13 heavy (non-hydrogen) atoms. The van der Waals surface area contributed by atoms with Crippen LogP contribution in [-0.2, 0) is 0 Å². The zero-order chi connectivity index (χ0) is 10.5. The van der Waals surface area contributed by atoms with Crippen LogP contribution in [0.25, 0.3) is 0 Å². The average molecular weight is 203 g/mol. The highest BCUT2D eigenvalue weighted by molar-refractivity contribution is 7.80. The molecule has 0 unspecified atom stereocenters. The molecule has 80 valence electrons. The van der Waals surface area contributed by atoms with Crippen LogP contribution in [0.1, 0.15) is 41.0 Å². The molecular weight excluding hydrogens is 178 g/mol. The lowest BCUT2D eigenvalue weighted by Gasteiger charge is -2.39. The van der Waals surface area contributed by atoms with E-state index < -0.39 is 0 Å². The van der Waals surface area contributed by atoms with Gasteiger partial charge in [0.1, 0.15) is 0 Å². The fraction of sp³-hybridized carbons (Fsp3) is 1.00. The van der Waals surface area contributed by atoms with Crippen molar-refractivity contribution < 1.29 is 0 Å². The molecule has 0 aliphatic heterocycles. The molecule has 0 rings (SSSR count). The quantitative estimate of drug-likeness (QED) is 0.517. The van der Waals surface area contributed by atoms with Gasteiger partial charge in [-0.15, -0.1) is 0 Å². The maximum Gasteiger partial charge on any atom is 0.000753 e. The lowest BCUT2D eigenvalue weighted by molar-refractivity contribution is 0.129. The van der Waals surface area contributed by atoms with Gasteiger partial charge in [-0.05, 0) is 29.5 Å². The summed E-state index contributed by atoms with van der Waals surface area (Å²) in [5, 5.41) is 3.48. The standard InChI is InChI=1S/C11H25NS/c1-10(2,3)11(4,5)9-12-7-6-8-13/h12-13H,6-9H2,1-5H3. The van der Waals surface area contributed by atoms with E-state index in [-0.39, 0.29) is 0 Å². The third-order valence-electron chi connectivity index (χ3n) is 3.11. The molecule has 0 amide bonds. The van der Waals surface area contributed by atoms with Gasteiger partial charge in [-0.1, -0.05) is 34.6 Å². The van der Waals surface area contributed by atoms with Crippen molar-refractivity contribution in [3.63, 3.8) is 0 Å². The number of hydrogen-bond acceptors (Lipinski definition) is 2. The fourth-order valence-corrected chi connectivity index (χ4v) is 1.03. The SMILES string of the molecule is CC(C)(C)C(C)(C)CNCCCS. The molecule has 0 heterocycles. The topological polar surface area (TPSA) is 12.0 Å². The van der Waals surface area contributed by atoms with E-state index in [9.17, 15) is 0 Å². The van der Waals surface area contributed by atoms with Crippen molar-refractivity contribution in [2.45, 2.75) is 41.0 Å². The molecule has 0 atom stereocenters. The number of hydrogen-bond donors (Lipinski definition) is 2. The van der Waals surface area contributed by atoms with Crippen LogP contribution in [0.4, 0.5) is 0 Å². The van der Waals surface area contributed by atoms with E-state index >= 15 is 0 Å². The molecule has 0 aromatic carbocycles. The molecule has 0 saturated carbocycles. The molecule has 0 aromatic rings. The smallest absolute Gasteiger partial charge is 0.000753 e. The minimum Gasteiger partial charge on any atom is -0.316 e. The molecule has 0 spiro atoms. The van der Waals surface area contributed by atoms with E-state index in [0.29, 0.717) is 10.8 Å². The van der Waals surface area contributed by atoms with Crippen LogP contribution < -0.4 is 5.32 Å². The van der Waals surface area contributed by atoms with Gasteiger partial charge >= 0.3 is 0 Å². The van der Waals surface area contributed by atoms with Crippen LogP contribution in [0.2, 0.25) is 0 Å². The van der Waals surface area contributed by atoms with E-state index in [1.165, 1.54) is 0 Å². The molecule has 2 heteroatoms. The van der Waals surface area contributed by atoms with Crippen molar-refractivity contribution in [3.8, 4) is 0 Å². The van der Waals surface area contributed by atoms with Gasteiger partial charge in [0.15, 0.2) is 0 Å². The highest BCUT2D eigenvalue weighted by Gasteiger charge is 2.31. The van der Waals surface area contributed by atoms with Crippen LogP contribution in [0.5, 0.6) is 0 Å². The van der Waals surface area contributed by atoms with Gasteiger partial charge in [-0.3, -0.25) is 0 Å². The molecule has 0 aromatic heterocycles. The first-order valence-corrected chi connectivity index (χ1v) is 5.76. The highest BCUT2D eigenvalue weighted by atomic mass is 32.1. The van der Waals surface area contributed by atoms with E-state index in [1.54, 1.807) is 0 Å². The Bertz CT molecular complexity index is 136. The maximum absolute atomic E-state index is 4.18. The van der Waals surface area contributed by atoms with Crippen LogP contribution >= 0.6 is 12.6 Å². The summed E-state index contributed by atoms with van der Waals surface area (Å²) in [5.41, 5.74) is 0.713. The van der Waals surface area contributed by atoms with Gasteiger partial charge in [0.25, 0.3) is 0 Å². The summed E-state index contributed by atoms with van der Waals surface area (Å²) in [6, 6.07) is 0. The molecule has 0 bridgehead atoms. The van der Waals surface area contributed by atoms with E-state index in [1.807, 2.05) is 0 Å². The van der Waals surface area contributed by atoms with Crippen LogP contribution in [0.15, 0.2) is 0 Å². The molecule has 0 aliphatic rings. The zero-order valence-corrected chi connectivity index (χ0v) is 10.7. The Morgan fingerprint density at radius 1 is 1.08 bits per heavy atom. The normalized spacial score (nSPS) is 13.4. The van der Waals surface area contributed by atoms with E-state index in [2.05, 4.69) is 52.6 Å². The Labute approximate surface area is 89.1 Å². The Morgan fingerprint density at radius 3 is 2.00 bits per heavy atom. The predicted molar refractivity (Wildman–Crippen MR) is 64.6 cm³/mol. The monoisotopic (exact) mass is 203 g/mol. The summed E-state index contributed by atoms with van der Waals surface area (Å²) < 4.78 is 0. The summed E-state index contributed by atoms with van der Waals surface area (Å²) >= 11 is 4.18. The van der Waals surface area contributed by atoms with Crippen molar-refractivity contribution >= 4 is 12.6 Å².